The molecule has 2 aromatic carbocycles. The maximum absolute atomic E-state index is 13.9. The van der Waals surface area contributed by atoms with Gasteiger partial charge in [0, 0.05) is 35.3 Å². The van der Waals surface area contributed by atoms with Crippen LogP contribution in [0.25, 0.3) is 22.5 Å². The fourth-order valence-corrected chi connectivity index (χ4v) is 5.69. The third kappa shape index (κ3) is 4.81. The van der Waals surface area contributed by atoms with Crippen molar-refractivity contribution in [2.75, 3.05) is 11.4 Å². The van der Waals surface area contributed by atoms with Crippen LogP contribution >= 0.6 is 0 Å². The summed E-state index contributed by atoms with van der Waals surface area (Å²) in [5, 5.41) is 21.7. The van der Waals surface area contributed by atoms with Crippen molar-refractivity contribution in [1.82, 2.24) is 25.1 Å². The standard InChI is InChI=1S/C33H33N7O/c1-33(2,35-17-20-4-5-20)25-10-9-23-18-40(32(41)27(23)15-25)30-14-24(13-29(37-30)22-7-8-22)26-11-6-21(16-34)12-28(26)31-38-36-19-39(31)3/h6,9-15,19-20,22,35H,4-5,7-8,17-18H2,1-3H3. The number of nitriles is 1. The van der Waals surface area contributed by atoms with Gasteiger partial charge in [-0.1, -0.05) is 18.2 Å². The van der Waals surface area contributed by atoms with Crippen LogP contribution in [0.2, 0.25) is 0 Å². The van der Waals surface area contributed by atoms with Crippen molar-refractivity contribution >= 4 is 11.7 Å². The van der Waals surface area contributed by atoms with Crippen molar-refractivity contribution < 1.29 is 4.79 Å². The van der Waals surface area contributed by atoms with Gasteiger partial charge in [0.25, 0.3) is 5.91 Å². The van der Waals surface area contributed by atoms with E-state index in [2.05, 4.69) is 59.7 Å². The molecular weight excluding hydrogens is 510 g/mol. The minimum absolute atomic E-state index is 0.0143. The van der Waals surface area contributed by atoms with Crippen LogP contribution in [0.1, 0.15) is 78.2 Å². The molecule has 3 aliphatic rings. The molecule has 206 valence electrons. The smallest absolute Gasteiger partial charge is 0.260 e. The number of benzene rings is 2. The average molecular weight is 544 g/mol. The van der Waals surface area contributed by atoms with Crippen molar-refractivity contribution in [2.24, 2.45) is 13.0 Å². The minimum atomic E-state index is -0.214. The maximum atomic E-state index is 13.9. The first-order valence-electron chi connectivity index (χ1n) is 14.4. The summed E-state index contributed by atoms with van der Waals surface area (Å²) in [4.78, 5) is 20.7. The molecule has 0 bridgehead atoms. The zero-order chi connectivity index (χ0) is 28.3. The average Bonchev–Trinajstić information content (AvgIpc) is 3.92. The van der Waals surface area contributed by atoms with E-state index < -0.39 is 0 Å². The van der Waals surface area contributed by atoms with Crippen LogP contribution in [0.3, 0.4) is 0 Å². The first-order chi connectivity index (χ1) is 19.8. The predicted molar refractivity (Wildman–Crippen MR) is 157 cm³/mol. The molecule has 2 saturated carbocycles. The Morgan fingerprint density at radius 2 is 1.85 bits per heavy atom. The van der Waals surface area contributed by atoms with Gasteiger partial charge in [0.05, 0.1) is 18.2 Å². The second-order valence-corrected chi connectivity index (χ2v) is 12.3. The molecule has 2 aromatic heterocycles. The molecule has 0 unspecified atom stereocenters. The van der Waals surface area contributed by atoms with E-state index in [1.54, 1.807) is 11.2 Å². The highest BCUT2D eigenvalue weighted by molar-refractivity contribution is 6.10. The Balaban J connectivity index is 1.26. The zero-order valence-electron chi connectivity index (χ0n) is 23.7. The molecule has 8 nitrogen and oxygen atoms in total. The van der Waals surface area contributed by atoms with E-state index in [0.29, 0.717) is 29.7 Å². The number of nitrogens with one attached hydrogen (secondary N) is 1. The molecule has 1 aliphatic heterocycles. The Kier molecular flexibility index (Phi) is 6.02. The van der Waals surface area contributed by atoms with Gasteiger partial charge in [-0.2, -0.15) is 5.26 Å². The molecule has 0 radical (unpaired) electrons. The van der Waals surface area contributed by atoms with Crippen LogP contribution in [0, 0.1) is 17.2 Å². The van der Waals surface area contributed by atoms with Gasteiger partial charge in [0.2, 0.25) is 0 Å². The minimum Gasteiger partial charge on any atom is -0.317 e. The highest BCUT2D eigenvalue weighted by Crippen LogP contribution is 2.43. The monoisotopic (exact) mass is 543 g/mol. The topological polar surface area (TPSA) is 99.7 Å². The number of hydrogen-bond donors (Lipinski definition) is 1. The van der Waals surface area contributed by atoms with E-state index >= 15 is 0 Å². The number of nitrogens with zero attached hydrogens (tertiary/aromatic N) is 6. The second-order valence-electron chi connectivity index (χ2n) is 12.3. The molecule has 2 aliphatic carbocycles. The zero-order valence-corrected chi connectivity index (χ0v) is 23.7. The molecular formula is C33H33N7O. The fourth-order valence-electron chi connectivity index (χ4n) is 5.69. The normalized spacial score (nSPS) is 16.6. The molecule has 1 N–H and O–H groups in total. The van der Waals surface area contributed by atoms with E-state index in [1.807, 2.05) is 35.9 Å². The van der Waals surface area contributed by atoms with Gasteiger partial charge in [-0.05, 0) is 105 Å². The quantitative estimate of drug-likeness (QED) is 0.307. The van der Waals surface area contributed by atoms with Crippen molar-refractivity contribution in [2.45, 2.75) is 57.5 Å². The van der Waals surface area contributed by atoms with Crippen molar-refractivity contribution in [3.63, 3.8) is 0 Å². The van der Waals surface area contributed by atoms with E-state index in [1.165, 1.54) is 12.8 Å². The molecule has 0 atom stereocenters. The lowest BCUT2D eigenvalue weighted by molar-refractivity contribution is 0.0995. The molecule has 7 rings (SSSR count). The number of fused-ring (bicyclic) bond motifs is 1. The van der Waals surface area contributed by atoms with Crippen LogP contribution in [0.5, 0.6) is 0 Å². The molecule has 4 aromatic rings. The van der Waals surface area contributed by atoms with Gasteiger partial charge in [-0.25, -0.2) is 4.98 Å². The summed E-state index contributed by atoms with van der Waals surface area (Å²) in [7, 11) is 1.89. The van der Waals surface area contributed by atoms with Gasteiger partial charge in [-0.15, -0.1) is 10.2 Å². The lowest BCUT2D eigenvalue weighted by Crippen LogP contribution is -2.38. The number of anilines is 1. The maximum Gasteiger partial charge on any atom is 0.260 e. The van der Waals surface area contributed by atoms with E-state index in [9.17, 15) is 10.1 Å². The highest BCUT2D eigenvalue weighted by atomic mass is 16.2. The summed E-state index contributed by atoms with van der Waals surface area (Å²) in [6, 6.07) is 18.3. The van der Waals surface area contributed by atoms with Crippen molar-refractivity contribution in [3.05, 3.63) is 82.8 Å². The van der Waals surface area contributed by atoms with Gasteiger partial charge in [0.15, 0.2) is 5.82 Å². The number of rotatable bonds is 8. The Bertz CT molecular complexity index is 1720. The third-order valence-electron chi connectivity index (χ3n) is 8.68. The summed E-state index contributed by atoms with van der Waals surface area (Å²) in [5.74, 6) is 2.50. The number of aromatic nitrogens is 4. The van der Waals surface area contributed by atoms with Crippen LogP contribution in [-0.2, 0) is 19.1 Å². The largest absolute Gasteiger partial charge is 0.317 e. The molecule has 41 heavy (non-hydrogen) atoms. The number of hydrogen-bond acceptors (Lipinski definition) is 6. The van der Waals surface area contributed by atoms with Gasteiger partial charge in [-0.3, -0.25) is 9.69 Å². The fraction of sp³-hybridized carbons (Fsp3) is 0.364. The van der Waals surface area contributed by atoms with Gasteiger partial charge >= 0.3 is 0 Å². The molecule has 0 saturated heterocycles. The lowest BCUT2D eigenvalue weighted by Gasteiger charge is -2.27. The first kappa shape index (κ1) is 25.6. The summed E-state index contributed by atoms with van der Waals surface area (Å²) < 4.78 is 1.85. The number of amides is 1. The Morgan fingerprint density at radius 3 is 2.56 bits per heavy atom. The molecule has 8 heteroatoms. The van der Waals surface area contributed by atoms with Crippen LogP contribution in [0.15, 0.2) is 54.9 Å². The SMILES string of the molecule is Cn1cnnc1-c1cc(C#N)ccc1-c1cc(C2CC2)nc(N2Cc3ccc(C(C)(C)NCC4CC4)cc3C2=O)c1. The predicted octanol–water partition coefficient (Wildman–Crippen LogP) is 5.69. The summed E-state index contributed by atoms with van der Waals surface area (Å²) >= 11 is 0. The molecule has 2 fully saturated rings. The van der Waals surface area contributed by atoms with Gasteiger partial charge in [0.1, 0.15) is 12.1 Å². The summed E-state index contributed by atoms with van der Waals surface area (Å²) in [5.41, 5.74) is 6.95. The van der Waals surface area contributed by atoms with E-state index in [-0.39, 0.29) is 11.4 Å². The Labute approximate surface area is 240 Å². The van der Waals surface area contributed by atoms with Crippen LogP contribution in [0.4, 0.5) is 5.82 Å². The van der Waals surface area contributed by atoms with Crippen molar-refractivity contribution in [1.29, 1.82) is 5.26 Å². The first-order valence-corrected chi connectivity index (χ1v) is 14.4. The van der Waals surface area contributed by atoms with Crippen molar-refractivity contribution in [3.8, 4) is 28.6 Å². The third-order valence-corrected chi connectivity index (χ3v) is 8.68. The lowest BCUT2D eigenvalue weighted by atomic mass is 9.91. The van der Waals surface area contributed by atoms with E-state index in [0.717, 1.165) is 64.4 Å². The Morgan fingerprint density at radius 1 is 1.02 bits per heavy atom. The van der Waals surface area contributed by atoms with E-state index in [4.69, 9.17) is 4.98 Å². The molecule has 1 amide bonds. The summed E-state index contributed by atoms with van der Waals surface area (Å²) in [6.07, 6.45) is 6.46. The molecule has 3 heterocycles. The summed E-state index contributed by atoms with van der Waals surface area (Å²) in [6.45, 7) is 5.88. The second kappa shape index (κ2) is 9.64. The number of carbonyl (C=O) groups excluding carboxylic acids is 1. The highest BCUT2D eigenvalue weighted by Gasteiger charge is 2.34. The molecule has 0 spiro atoms. The Hall–Kier alpha value is -4.35. The van der Waals surface area contributed by atoms with Crippen LogP contribution < -0.4 is 10.2 Å². The van der Waals surface area contributed by atoms with Crippen LogP contribution in [-0.4, -0.2) is 32.2 Å². The number of carbonyl (C=O) groups is 1. The van der Waals surface area contributed by atoms with Gasteiger partial charge < -0.3 is 9.88 Å². The number of aryl methyl sites for hydroxylation is 1. The number of pyridine rings is 1.